The first-order chi connectivity index (χ1) is 16.2. The fourth-order valence-corrected chi connectivity index (χ4v) is 4.64. The lowest BCUT2D eigenvalue weighted by molar-refractivity contribution is -0.141. The molecule has 1 aliphatic rings. The number of amides is 1. The number of rotatable bonds is 6. The molecule has 0 aliphatic carbocycles. The number of aryl methyl sites for hydroxylation is 1. The highest BCUT2D eigenvalue weighted by atomic mass is 79.9. The molecule has 0 N–H and O–H groups in total. The van der Waals surface area contributed by atoms with Crippen LogP contribution in [0.4, 0.5) is 13.2 Å². The van der Waals surface area contributed by atoms with Crippen molar-refractivity contribution in [3.05, 3.63) is 64.7 Å². The van der Waals surface area contributed by atoms with Crippen LogP contribution in [-0.2, 0) is 24.5 Å². The van der Waals surface area contributed by atoms with Gasteiger partial charge in [-0.3, -0.25) is 14.5 Å². The molecule has 1 amide bonds. The second-order valence-electron chi connectivity index (χ2n) is 8.13. The maximum atomic E-state index is 13.8. The topological polar surface area (TPSA) is 60.2 Å². The third-order valence-electron chi connectivity index (χ3n) is 6.12. The van der Waals surface area contributed by atoms with Gasteiger partial charge in [-0.05, 0) is 60.7 Å². The molecule has 180 valence electrons. The Hall–Kier alpha value is -2.88. The van der Waals surface area contributed by atoms with Gasteiger partial charge in [0, 0.05) is 41.9 Å². The van der Waals surface area contributed by atoms with Gasteiger partial charge in [-0.15, -0.1) is 0 Å². The minimum atomic E-state index is -4.61. The summed E-state index contributed by atoms with van der Waals surface area (Å²) in [6, 6.07) is 5.03. The summed E-state index contributed by atoms with van der Waals surface area (Å²) in [5, 5.41) is 4.17. The van der Waals surface area contributed by atoms with Gasteiger partial charge in [0.2, 0.25) is 0 Å². The van der Waals surface area contributed by atoms with Crippen molar-refractivity contribution in [1.29, 1.82) is 0 Å². The van der Waals surface area contributed by atoms with E-state index >= 15 is 0 Å². The van der Waals surface area contributed by atoms with E-state index in [9.17, 15) is 18.0 Å². The number of alkyl halides is 4. The third kappa shape index (κ3) is 4.43. The number of ether oxygens (including phenoxy) is 1. The van der Waals surface area contributed by atoms with Crippen molar-refractivity contribution in [3.8, 4) is 16.9 Å². The number of halogens is 4. The van der Waals surface area contributed by atoms with Gasteiger partial charge in [0.15, 0.2) is 5.69 Å². The molecule has 3 heterocycles. The molecular formula is C24H24BrF3N4O2. The smallest absolute Gasteiger partial charge is 0.435 e. The highest BCUT2D eigenvalue weighted by molar-refractivity contribution is 9.08. The summed E-state index contributed by atoms with van der Waals surface area (Å²) in [7, 11) is 1.55. The Morgan fingerprint density at radius 1 is 1.18 bits per heavy atom. The normalized spacial score (nSPS) is 14.8. The van der Waals surface area contributed by atoms with Gasteiger partial charge in [0.25, 0.3) is 5.91 Å². The largest absolute Gasteiger partial charge is 0.495 e. The number of benzene rings is 1. The van der Waals surface area contributed by atoms with E-state index in [4.69, 9.17) is 4.74 Å². The molecule has 0 spiro atoms. The number of fused-ring (bicyclic) bond motifs is 1. The van der Waals surface area contributed by atoms with E-state index in [0.717, 1.165) is 11.1 Å². The number of aromatic nitrogens is 3. The molecular weight excluding hydrogens is 513 g/mol. The first-order valence-electron chi connectivity index (χ1n) is 10.8. The molecule has 0 fully saturated rings. The number of hydrogen-bond acceptors (Lipinski definition) is 4. The number of methoxy groups -OCH3 is 1. The lowest BCUT2D eigenvalue weighted by atomic mass is 9.87. The lowest BCUT2D eigenvalue weighted by Crippen LogP contribution is -2.39. The lowest BCUT2D eigenvalue weighted by Gasteiger charge is -2.35. The van der Waals surface area contributed by atoms with Crippen molar-refractivity contribution < 1.29 is 22.7 Å². The molecule has 34 heavy (non-hydrogen) atoms. The molecule has 4 rings (SSSR count). The van der Waals surface area contributed by atoms with E-state index in [2.05, 4.69) is 26.0 Å². The number of pyridine rings is 1. The van der Waals surface area contributed by atoms with E-state index < -0.39 is 11.9 Å². The van der Waals surface area contributed by atoms with Gasteiger partial charge >= 0.3 is 6.18 Å². The van der Waals surface area contributed by atoms with Gasteiger partial charge < -0.3 is 9.64 Å². The summed E-state index contributed by atoms with van der Waals surface area (Å²) in [6.07, 6.45) is 0.511. The number of hydrogen-bond donors (Lipinski definition) is 0. The second-order valence-corrected chi connectivity index (χ2v) is 8.69. The van der Waals surface area contributed by atoms with Crippen LogP contribution in [0.3, 0.4) is 0 Å². The van der Waals surface area contributed by atoms with Crippen molar-refractivity contribution in [2.75, 3.05) is 13.7 Å². The average Bonchev–Trinajstić information content (AvgIpc) is 3.28. The first kappa shape index (κ1) is 24.3. The monoisotopic (exact) mass is 536 g/mol. The summed E-state index contributed by atoms with van der Waals surface area (Å²) < 4.78 is 48.0. The SMILES string of the molecule is CCn1cc(-c2cc(CBr)cc3c2CCN([C@@H](C)c2cncc(OC)c2)C3=O)c(C(F)(F)F)n1. The van der Waals surface area contributed by atoms with Crippen molar-refractivity contribution >= 4 is 21.8 Å². The van der Waals surface area contributed by atoms with Crippen LogP contribution in [-0.4, -0.2) is 39.2 Å². The second kappa shape index (κ2) is 9.40. The maximum absolute atomic E-state index is 13.8. The molecule has 3 aromatic rings. The summed E-state index contributed by atoms with van der Waals surface area (Å²) in [6.45, 7) is 4.31. The van der Waals surface area contributed by atoms with E-state index in [0.29, 0.717) is 47.3 Å². The van der Waals surface area contributed by atoms with Gasteiger partial charge in [0.05, 0.1) is 19.3 Å². The molecule has 1 aromatic carbocycles. The fraction of sp³-hybridized carbons (Fsp3) is 0.375. The fourth-order valence-electron chi connectivity index (χ4n) is 4.31. The molecule has 0 unspecified atom stereocenters. The molecule has 1 atom stereocenters. The van der Waals surface area contributed by atoms with Crippen LogP contribution in [0.25, 0.3) is 11.1 Å². The Bertz CT molecular complexity index is 1230. The minimum absolute atomic E-state index is 0.000283. The van der Waals surface area contributed by atoms with Crippen LogP contribution >= 0.6 is 15.9 Å². The van der Waals surface area contributed by atoms with Crippen molar-refractivity contribution in [3.63, 3.8) is 0 Å². The average molecular weight is 537 g/mol. The quantitative estimate of drug-likeness (QED) is 0.382. The minimum Gasteiger partial charge on any atom is -0.495 e. The first-order valence-corrected chi connectivity index (χ1v) is 12.0. The van der Waals surface area contributed by atoms with Crippen molar-refractivity contribution in [2.24, 2.45) is 0 Å². The summed E-state index contributed by atoms with van der Waals surface area (Å²) in [5.74, 6) is 0.364. The number of carbonyl (C=O) groups excluding carboxylic acids is 1. The standard InChI is InChI=1S/C24H24BrF3N4O2/c1-4-31-13-21(22(30-31)24(26,27)28)19-7-15(10-25)8-20-18(19)5-6-32(23(20)33)14(2)16-9-17(34-3)12-29-11-16/h7-9,11-14H,4-6,10H2,1-3H3/t14-/m0/s1. The molecule has 1 aliphatic heterocycles. The van der Waals surface area contributed by atoms with Crippen molar-refractivity contribution in [2.45, 2.75) is 44.4 Å². The highest BCUT2D eigenvalue weighted by Crippen LogP contribution is 2.41. The van der Waals surface area contributed by atoms with Crippen LogP contribution < -0.4 is 4.74 Å². The van der Waals surface area contributed by atoms with Gasteiger partial charge in [-0.25, -0.2) is 0 Å². The molecule has 0 bridgehead atoms. The molecule has 6 nitrogen and oxygen atoms in total. The molecule has 0 saturated carbocycles. The van der Waals surface area contributed by atoms with Gasteiger partial charge in [-0.2, -0.15) is 18.3 Å². The van der Waals surface area contributed by atoms with E-state index in [-0.39, 0.29) is 17.5 Å². The van der Waals surface area contributed by atoms with Crippen LogP contribution in [0, 0.1) is 0 Å². The predicted octanol–water partition coefficient (Wildman–Crippen LogP) is 5.65. The zero-order chi connectivity index (χ0) is 24.6. The molecule has 10 heteroatoms. The maximum Gasteiger partial charge on any atom is 0.435 e. The Labute approximate surface area is 203 Å². The Balaban J connectivity index is 1.80. The zero-order valence-corrected chi connectivity index (χ0v) is 20.6. The molecule has 0 radical (unpaired) electrons. The number of nitrogens with zero attached hydrogens (tertiary/aromatic N) is 4. The summed E-state index contributed by atoms with van der Waals surface area (Å²) in [4.78, 5) is 19.5. The van der Waals surface area contributed by atoms with Gasteiger partial charge in [0.1, 0.15) is 5.75 Å². The van der Waals surface area contributed by atoms with E-state index in [1.165, 1.54) is 10.9 Å². The molecule has 0 saturated heterocycles. The van der Waals surface area contributed by atoms with Crippen LogP contribution in [0.1, 0.15) is 52.6 Å². The third-order valence-corrected chi connectivity index (χ3v) is 6.77. The Morgan fingerprint density at radius 2 is 1.91 bits per heavy atom. The van der Waals surface area contributed by atoms with Crippen LogP contribution in [0.5, 0.6) is 5.75 Å². The van der Waals surface area contributed by atoms with Crippen molar-refractivity contribution in [1.82, 2.24) is 19.7 Å². The number of carbonyl (C=O) groups is 1. The summed E-state index contributed by atoms with van der Waals surface area (Å²) in [5.41, 5.74) is 2.03. The predicted molar refractivity (Wildman–Crippen MR) is 125 cm³/mol. The van der Waals surface area contributed by atoms with Gasteiger partial charge in [-0.1, -0.05) is 15.9 Å². The highest BCUT2D eigenvalue weighted by Gasteiger charge is 2.39. The Morgan fingerprint density at radius 3 is 2.56 bits per heavy atom. The van der Waals surface area contributed by atoms with E-state index in [1.54, 1.807) is 43.5 Å². The van der Waals surface area contributed by atoms with Crippen LogP contribution in [0.15, 0.2) is 36.8 Å². The molecule has 2 aromatic heterocycles. The van der Waals surface area contributed by atoms with E-state index in [1.807, 2.05) is 13.0 Å². The zero-order valence-electron chi connectivity index (χ0n) is 19.0. The summed E-state index contributed by atoms with van der Waals surface area (Å²) >= 11 is 3.40. The Kier molecular flexibility index (Phi) is 6.71. The van der Waals surface area contributed by atoms with Crippen LogP contribution in [0.2, 0.25) is 0 Å².